The zero-order chi connectivity index (χ0) is 17.4. The standard InChI is InChI=1S/C19H22N6/c1-13-5-4-6-20-19(13)18-9-17-12-24(7-8-25(17)23-18)11-16-10-21-15(3)22-14(16)2/h4-6,9-10H,7-8,11-12H2,1-3H3. The Morgan fingerprint density at radius 1 is 1.12 bits per heavy atom. The third kappa shape index (κ3) is 3.17. The van der Waals surface area contributed by atoms with Crippen molar-refractivity contribution in [1.82, 2.24) is 29.6 Å². The maximum Gasteiger partial charge on any atom is 0.125 e. The van der Waals surface area contributed by atoms with Crippen molar-refractivity contribution >= 4 is 0 Å². The minimum Gasteiger partial charge on any atom is -0.291 e. The fourth-order valence-corrected chi connectivity index (χ4v) is 3.33. The van der Waals surface area contributed by atoms with E-state index in [9.17, 15) is 0 Å². The predicted octanol–water partition coefficient (Wildman–Crippen LogP) is 2.68. The molecule has 0 aromatic carbocycles. The average Bonchev–Trinajstić information content (AvgIpc) is 3.01. The van der Waals surface area contributed by atoms with Gasteiger partial charge in [0, 0.05) is 43.3 Å². The van der Waals surface area contributed by atoms with Crippen LogP contribution in [0.5, 0.6) is 0 Å². The molecule has 4 heterocycles. The van der Waals surface area contributed by atoms with Crippen LogP contribution in [-0.2, 0) is 19.6 Å². The predicted molar refractivity (Wildman–Crippen MR) is 95.8 cm³/mol. The van der Waals surface area contributed by atoms with Gasteiger partial charge in [-0.3, -0.25) is 14.6 Å². The van der Waals surface area contributed by atoms with E-state index < -0.39 is 0 Å². The Hall–Kier alpha value is -2.60. The summed E-state index contributed by atoms with van der Waals surface area (Å²) in [5.74, 6) is 0.827. The molecule has 128 valence electrons. The summed E-state index contributed by atoms with van der Waals surface area (Å²) in [6, 6.07) is 6.20. The quantitative estimate of drug-likeness (QED) is 0.737. The summed E-state index contributed by atoms with van der Waals surface area (Å²) in [6.45, 7) is 9.68. The molecule has 4 rings (SSSR count). The highest BCUT2D eigenvalue weighted by atomic mass is 15.3. The number of aromatic nitrogens is 5. The van der Waals surface area contributed by atoms with Crippen LogP contribution in [0.15, 0.2) is 30.6 Å². The topological polar surface area (TPSA) is 59.7 Å². The van der Waals surface area contributed by atoms with Gasteiger partial charge in [0.05, 0.1) is 17.9 Å². The maximum atomic E-state index is 4.76. The third-order valence-electron chi connectivity index (χ3n) is 4.72. The lowest BCUT2D eigenvalue weighted by Crippen LogP contribution is -2.33. The number of nitrogens with zero attached hydrogens (tertiary/aromatic N) is 6. The van der Waals surface area contributed by atoms with Crippen LogP contribution in [0.2, 0.25) is 0 Å². The molecule has 0 bridgehead atoms. The molecule has 6 heteroatoms. The highest BCUT2D eigenvalue weighted by Gasteiger charge is 2.20. The largest absolute Gasteiger partial charge is 0.291 e. The zero-order valence-electron chi connectivity index (χ0n) is 14.9. The number of hydrogen-bond donors (Lipinski definition) is 0. The Morgan fingerprint density at radius 2 is 2.00 bits per heavy atom. The van der Waals surface area contributed by atoms with Gasteiger partial charge >= 0.3 is 0 Å². The van der Waals surface area contributed by atoms with Gasteiger partial charge in [0.15, 0.2) is 0 Å². The van der Waals surface area contributed by atoms with Crippen LogP contribution in [-0.4, -0.2) is 36.2 Å². The molecule has 0 saturated heterocycles. The number of pyridine rings is 1. The molecule has 0 atom stereocenters. The molecule has 0 radical (unpaired) electrons. The SMILES string of the molecule is Cc1ncc(CN2CCn3nc(-c4ncccc4C)cc3C2)c(C)n1. The molecule has 3 aromatic heterocycles. The first-order chi connectivity index (χ1) is 12.1. The Morgan fingerprint density at radius 3 is 2.80 bits per heavy atom. The Bertz CT molecular complexity index is 914. The summed E-state index contributed by atoms with van der Waals surface area (Å²) < 4.78 is 2.11. The second-order valence-electron chi connectivity index (χ2n) is 6.65. The monoisotopic (exact) mass is 334 g/mol. The molecule has 0 fully saturated rings. The van der Waals surface area contributed by atoms with E-state index in [-0.39, 0.29) is 0 Å². The molecule has 0 saturated carbocycles. The Balaban J connectivity index is 1.54. The van der Waals surface area contributed by atoms with Crippen molar-refractivity contribution in [2.75, 3.05) is 6.54 Å². The van der Waals surface area contributed by atoms with Crippen LogP contribution in [0, 0.1) is 20.8 Å². The summed E-state index contributed by atoms with van der Waals surface area (Å²) in [6.07, 6.45) is 3.78. The fourth-order valence-electron chi connectivity index (χ4n) is 3.33. The minimum atomic E-state index is 0.827. The molecule has 6 nitrogen and oxygen atoms in total. The number of aryl methyl sites for hydroxylation is 3. The fraction of sp³-hybridized carbons (Fsp3) is 0.368. The van der Waals surface area contributed by atoms with E-state index in [2.05, 4.69) is 50.5 Å². The lowest BCUT2D eigenvalue weighted by Gasteiger charge is -2.27. The number of rotatable bonds is 3. The molecule has 1 aliphatic rings. The lowest BCUT2D eigenvalue weighted by molar-refractivity contribution is 0.204. The van der Waals surface area contributed by atoms with Crippen LogP contribution in [0.4, 0.5) is 0 Å². The summed E-state index contributed by atoms with van der Waals surface area (Å²) >= 11 is 0. The Kier molecular flexibility index (Phi) is 4.05. The third-order valence-corrected chi connectivity index (χ3v) is 4.72. The molecule has 0 unspecified atom stereocenters. The minimum absolute atomic E-state index is 0.827. The lowest BCUT2D eigenvalue weighted by atomic mass is 10.1. The number of fused-ring (bicyclic) bond motifs is 1. The van der Waals surface area contributed by atoms with Crippen molar-refractivity contribution in [2.45, 2.75) is 40.4 Å². The van der Waals surface area contributed by atoms with E-state index in [4.69, 9.17) is 5.10 Å². The molecular weight excluding hydrogens is 312 g/mol. The molecule has 0 N–H and O–H groups in total. The first kappa shape index (κ1) is 15.9. The van der Waals surface area contributed by atoms with Crippen LogP contribution >= 0.6 is 0 Å². The number of hydrogen-bond acceptors (Lipinski definition) is 5. The summed E-state index contributed by atoms with van der Waals surface area (Å²) in [5.41, 5.74) is 6.58. The first-order valence-corrected chi connectivity index (χ1v) is 8.60. The maximum absolute atomic E-state index is 4.76. The molecule has 0 spiro atoms. The van der Waals surface area contributed by atoms with E-state index in [0.717, 1.165) is 54.6 Å². The normalized spacial score (nSPS) is 14.5. The van der Waals surface area contributed by atoms with Gasteiger partial charge in [-0.2, -0.15) is 5.10 Å². The molecule has 3 aromatic rings. The summed E-state index contributed by atoms with van der Waals surface area (Å²) in [7, 11) is 0. The van der Waals surface area contributed by atoms with Crippen molar-refractivity contribution < 1.29 is 0 Å². The van der Waals surface area contributed by atoms with Gasteiger partial charge in [0.25, 0.3) is 0 Å². The van der Waals surface area contributed by atoms with Gasteiger partial charge in [0.2, 0.25) is 0 Å². The van der Waals surface area contributed by atoms with Crippen LogP contribution < -0.4 is 0 Å². The van der Waals surface area contributed by atoms with Gasteiger partial charge in [0.1, 0.15) is 11.5 Å². The Labute approximate surface area is 147 Å². The summed E-state index contributed by atoms with van der Waals surface area (Å²) in [5, 5.41) is 4.76. The zero-order valence-corrected chi connectivity index (χ0v) is 14.9. The second kappa shape index (κ2) is 6.37. The highest BCUT2D eigenvalue weighted by molar-refractivity contribution is 5.58. The molecule has 1 aliphatic heterocycles. The van der Waals surface area contributed by atoms with Gasteiger partial charge < -0.3 is 0 Å². The van der Waals surface area contributed by atoms with Gasteiger partial charge in [-0.25, -0.2) is 9.97 Å². The van der Waals surface area contributed by atoms with Crippen LogP contribution in [0.25, 0.3) is 11.4 Å². The molecule has 25 heavy (non-hydrogen) atoms. The van der Waals surface area contributed by atoms with Crippen molar-refractivity contribution in [3.63, 3.8) is 0 Å². The van der Waals surface area contributed by atoms with Gasteiger partial charge in [-0.15, -0.1) is 0 Å². The van der Waals surface area contributed by atoms with E-state index in [1.54, 1.807) is 0 Å². The van der Waals surface area contributed by atoms with E-state index in [1.807, 2.05) is 25.4 Å². The summed E-state index contributed by atoms with van der Waals surface area (Å²) in [4.78, 5) is 15.7. The highest BCUT2D eigenvalue weighted by Crippen LogP contribution is 2.23. The van der Waals surface area contributed by atoms with Crippen LogP contribution in [0.1, 0.15) is 28.3 Å². The van der Waals surface area contributed by atoms with Crippen molar-refractivity contribution in [2.24, 2.45) is 0 Å². The molecular formula is C19H22N6. The van der Waals surface area contributed by atoms with Crippen molar-refractivity contribution in [3.05, 3.63) is 58.9 Å². The van der Waals surface area contributed by atoms with E-state index >= 15 is 0 Å². The first-order valence-electron chi connectivity index (χ1n) is 8.60. The van der Waals surface area contributed by atoms with Gasteiger partial charge in [-0.05, 0) is 38.5 Å². The van der Waals surface area contributed by atoms with Crippen LogP contribution in [0.3, 0.4) is 0 Å². The smallest absolute Gasteiger partial charge is 0.125 e. The second-order valence-corrected chi connectivity index (χ2v) is 6.65. The molecule has 0 amide bonds. The van der Waals surface area contributed by atoms with Crippen molar-refractivity contribution in [1.29, 1.82) is 0 Å². The van der Waals surface area contributed by atoms with E-state index in [0.29, 0.717) is 0 Å². The molecule has 0 aliphatic carbocycles. The average molecular weight is 334 g/mol. The van der Waals surface area contributed by atoms with Gasteiger partial charge in [-0.1, -0.05) is 6.07 Å². The van der Waals surface area contributed by atoms with Crippen molar-refractivity contribution in [3.8, 4) is 11.4 Å². The van der Waals surface area contributed by atoms with E-state index in [1.165, 1.54) is 11.3 Å².